The normalized spacial score (nSPS) is 20.9. The minimum atomic E-state index is -0.971. The molecule has 0 saturated heterocycles. The molecule has 8 heteroatoms. The first kappa shape index (κ1) is 32.4. The average Bonchev–Trinajstić information content (AvgIpc) is 3.48. The molecule has 4 rings (SSSR count). The standard InChI is InChI=1S/C35H46FN3O4/c1-5-6-7-9-24-16-20-35(23-24)38-31(27-10-8-11-28(36)22-27)33(43)39(35)29(17-19-34(2,3)4)25-12-14-26(15-13-25)32(42)37-21-18-30(40)41/h8,10-15,22,24,29H,5-7,9,16-21,23H2,1-4H3,(H,37,42)(H,40,41)/t24?,29-,35?/m1/s1. The Bertz CT molecular complexity index is 1330. The maximum atomic E-state index is 14.4. The van der Waals surface area contributed by atoms with Crippen LogP contribution < -0.4 is 5.32 Å². The number of aliphatic carboxylic acids is 1. The summed E-state index contributed by atoms with van der Waals surface area (Å²) in [5.74, 6) is -1.41. The molecular weight excluding hydrogens is 545 g/mol. The predicted molar refractivity (Wildman–Crippen MR) is 166 cm³/mol. The second-order valence-corrected chi connectivity index (χ2v) is 13.4. The number of hydrogen-bond donors (Lipinski definition) is 2. The van der Waals surface area contributed by atoms with Crippen LogP contribution in [-0.4, -0.2) is 45.7 Å². The van der Waals surface area contributed by atoms with Gasteiger partial charge in [-0.3, -0.25) is 19.4 Å². The third kappa shape index (κ3) is 8.09. The predicted octanol–water partition coefficient (Wildman–Crippen LogP) is 7.31. The fraction of sp³-hybridized carbons (Fsp3) is 0.543. The van der Waals surface area contributed by atoms with Crippen LogP contribution in [0.3, 0.4) is 0 Å². The van der Waals surface area contributed by atoms with Crippen LogP contribution in [0.2, 0.25) is 0 Å². The molecule has 2 aromatic rings. The molecular formula is C35H46FN3O4. The Morgan fingerprint density at radius 1 is 1.16 bits per heavy atom. The van der Waals surface area contributed by atoms with E-state index in [1.54, 1.807) is 24.3 Å². The number of carboxylic acid groups (broad SMARTS) is 1. The summed E-state index contributed by atoms with van der Waals surface area (Å²) in [5.41, 5.74) is 1.52. The first-order valence-electron chi connectivity index (χ1n) is 15.7. The van der Waals surface area contributed by atoms with Crippen molar-refractivity contribution in [1.29, 1.82) is 0 Å². The zero-order chi connectivity index (χ0) is 31.2. The van der Waals surface area contributed by atoms with E-state index in [9.17, 15) is 18.8 Å². The van der Waals surface area contributed by atoms with E-state index in [0.717, 1.165) is 50.5 Å². The molecule has 1 aliphatic heterocycles. The summed E-state index contributed by atoms with van der Waals surface area (Å²) in [5, 5.41) is 11.5. The Morgan fingerprint density at radius 3 is 2.56 bits per heavy atom. The highest BCUT2D eigenvalue weighted by Crippen LogP contribution is 2.50. The van der Waals surface area contributed by atoms with Crippen LogP contribution >= 0.6 is 0 Å². The van der Waals surface area contributed by atoms with Crippen LogP contribution in [0.25, 0.3) is 0 Å². The lowest BCUT2D eigenvalue weighted by molar-refractivity contribution is -0.137. The quantitative estimate of drug-likeness (QED) is 0.239. The van der Waals surface area contributed by atoms with Crippen molar-refractivity contribution >= 4 is 23.5 Å². The number of halogens is 1. The molecule has 2 unspecified atom stereocenters. The number of rotatable bonds is 13. The van der Waals surface area contributed by atoms with Gasteiger partial charge in [0.05, 0.1) is 12.5 Å². The van der Waals surface area contributed by atoms with Gasteiger partial charge >= 0.3 is 5.97 Å². The van der Waals surface area contributed by atoms with Gasteiger partial charge < -0.3 is 15.3 Å². The summed E-state index contributed by atoms with van der Waals surface area (Å²) in [7, 11) is 0. The van der Waals surface area contributed by atoms with E-state index in [4.69, 9.17) is 10.1 Å². The van der Waals surface area contributed by atoms with E-state index in [1.807, 2.05) is 17.0 Å². The summed E-state index contributed by atoms with van der Waals surface area (Å²) < 4.78 is 14.3. The molecule has 0 aromatic heterocycles. The second kappa shape index (κ2) is 13.8. The topological polar surface area (TPSA) is 99.1 Å². The van der Waals surface area contributed by atoms with Gasteiger partial charge in [0.1, 0.15) is 17.2 Å². The van der Waals surface area contributed by atoms with Gasteiger partial charge in [-0.2, -0.15) is 0 Å². The second-order valence-electron chi connectivity index (χ2n) is 13.4. The molecule has 7 nitrogen and oxygen atoms in total. The molecule has 0 bridgehead atoms. The summed E-state index contributed by atoms with van der Waals surface area (Å²) in [6, 6.07) is 13.1. The van der Waals surface area contributed by atoms with Gasteiger partial charge in [0.2, 0.25) is 0 Å². The fourth-order valence-corrected chi connectivity index (χ4v) is 6.48. The SMILES string of the molecule is CCCCCC1CCC2(C1)N=C(c1cccc(F)c1)C(=O)N2[C@H](CCC(C)(C)C)c1ccc(C(=O)NCCC(=O)O)cc1. The molecule has 1 fully saturated rings. The van der Waals surface area contributed by atoms with Gasteiger partial charge in [0.25, 0.3) is 11.8 Å². The van der Waals surface area contributed by atoms with Gasteiger partial charge in [-0.1, -0.05) is 77.6 Å². The molecule has 1 aliphatic carbocycles. The molecule has 2 amide bonds. The first-order valence-corrected chi connectivity index (χ1v) is 15.7. The van der Waals surface area contributed by atoms with Crippen LogP contribution in [0.15, 0.2) is 53.5 Å². The van der Waals surface area contributed by atoms with Gasteiger partial charge in [0, 0.05) is 17.7 Å². The largest absolute Gasteiger partial charge is 0.481 e. The monoisotopic (exact) mass is 591 g/mol. The number of carbonyl (C=O) groups excluding carboxylic acids is 2. The van der Waals surface area contributed by atoms with Crippen molar-refractivity contribution in [3.63, 3.8) is 0 Å². The molecule has 43 heavy (non-hydrogen) atoms. The van der Waals surface area contributed by atoms with Gasteiger partial charge in [-0.25, -0.2) is 4.39 Å². The Kier molecular flexibility index (Phi) is 10.4. The van der Waals surface area contributed by atoms with Crippen molar-refractivity contribution in [2.75, 3.05) is 6.54 Å². The number of amides is 2. The minimum Gasteiger partial charge on any atom is -0.481 e. The third-order valence-corrected chi connectivity index (χ3v) is 8.73. The maximum Gasteiger partial charge on any atom is 0.305 e. The molecule has 3 atom stereocenters. The molecule has 2 N–H and O–H groups in total. The molecule has 1 saturated carbocycles. The zero-order valence-electron chi connectivity index (χ0n) is 26.0. The molecule has 1 spiro atoms. The number of carbonyl (C=O) groups is 3. The van der Waals surface area contributed by atoms with E-state index >= 15 is 0 Å². The van der Waals surface area contributed by atoms with Crippen molar-refractivity contribution in [3.05, 3.63) is 71.0 Å². The van der Waals surface area contributed by atoms with Gasteiger partial charge in [-0.05, 0) is 73.3 Å². The fourth-order valence-electron chi connectivity index (χ4n) is 6.48. The number of carboxylic acids is 1. The zero-order valence-corrected chi connectivity index (χ0v) is 26.0. The average molecular weight is 592 g/mol. The molecule has 1 heterocycles. The van der Waals surface area contributed by atoms with E-state index in [1.165, 1.54) is 18.6 Å². The number of nitrogens with one attached hydrogen (secondary N) is 1. The lowest BCUT2D eigenvalue weighted by atomic mass is 9.85. The van der Waals surface area contributed by atoms with Crippen molar-refractivity contribution < 1.29 is 23.9 Å². The number of benzene rings is 2. The van der Waals surface area contributed by atoms with Crippen LogP contribution in [0, 0.1) is 17.2 Å². The van der Waals surface area contributed by atoms with Gasteiger partial charge in [-0.15, -0.1) is 0 Å². The highest BCUT2D eigenvalue weighted by atomic mass is 19.1. The molecule has 2 aliphatic rings. The Hall–Kier alpha value is -3.55. The van der Waals surface area contributed by atoms with Crippen molar-refractivity contribution in [3.8, 4) is 0 Å². The van der Waals surface area contributed by atoms with Crippen LogP contribution in [0.1, 0.15) is 119 Å². The van der Waals surface area contributed by atoms with E-state index in [0.29, 0.717) is 29.2 Å². The number of aliphatic imine (C=N–C) groups is 1. The Labute approximate surface area is 255 Å². The summed E-state index contributed by atoms with van der Waals surface area (Å²) in [6.45, 7) is 8.81. The Balaban J connectivity index is 1.69. The summed E-state index contributed by atoms with van der Waals surface area (Å²) in [4.78, 5) is 45.0. The molecule has 0 radical (unpaired) electrons. The van der Waals surface area contributed by atoms with Crippen LogP contribution in [0.4, 0.5) is 4.39 Å². The molecule has 2 aromatic carbocycles. The van der Waals surface area contributed by atoms with Gasteiger partial charge in [0.15, 0.2) is 0 Å². The minimum absolute atomic E-state index is 0.0305. The van der Waals surface area contributed by atoms with E-state index in [-0.39, 0.29) is 36.2 Å². The van der Waals surface area contributed by atoms with Crippen LogP contribution in [0.5, 0.6) is 0 Å². The van der Waals surface area contributed by atoms with Crippen molar-refractivity contribution in [1.82, 2.24) is 10.2 Å². The smallest absolute Gasteiger partial charge is 0.305 e. The van der Waals surface area contributed by atoms with Crippen LogP contribution in [-0.2, 0) is 9.59 Å². The highest BCUT2D eigenvalue weighted by Gasteiger charge is 2.54. The Morgan fingerprint density at radius 2 is 1.91 bits per heavy atom. The number of nitrogens with zero attached hydrogens (tertiary/aromatic N) is 2. The van der Waals surface area contributed by atoms with Crippen molar-refractivity contribution in [2.45, 2.75) is 104 Å². The lowest BCUT2D eigenvalue weighted by Gasteiger charge is -2.40. The van der Waals surface area contributed by atoms with E-state index in [2.05, 4.69) is 33.0 Å². The van der Waals surface area contributed by atoms with Crippen molar-refractivity contribution in [2.24, 2.45) is 16.3 Å². The maximum absolute atomic E-state index is 14.4. The van der Waals surface area contributed by atoms with E-state index < -0.39 is 17.4 Å². The lowest BCUT2D eigenvalue weighted by Crippen LogP contribution is -2.47. The summed E-state index contributed by atoms with van der Waals surface area (Å²) in [6.07, 6.45) is 8.61. The third-order valence-electron chi connectivity index (χ3n) is 8.73. The highest BCUT2D eigenvalue weighted by molar-refractivity contribution is 6.46. The first-order chi connectivity index (χ1) is 20.4. The molecule has 232 valence electrons. The number of unbranched alkanes of at least 4 members (excludes halogenated alkanes) is 2. The number of hydrogen-bond acceptors (Lipinski definition) is 4. The summed E-state index contributed by atoms with van der Waals surface area (Å²) >= 11 is 0.